The van der Waals surface area contributed by atoms with E-state index in [-0.39, 0.29) is 17.7 Å². The number of nitrogens with zero attached hydrogens (tertiary/aromatic N) is 2. The lowest BCUT2D eigenvalue weighted by molar-refractivity contribution is -0.135. The first kappa shape index (κ1) is 18.2. The fourth-order valence-electron chi connectivity index (χ4n) is 3.33. The van der Waals surface area contributed by atoms with Crippen LogP contribution in [0.1, 0.15) is 31.1 Å². The van der Waals surface area contributed by atoms with E-state index < -0.39 is 0 Å². The summed E-state index contributed by atoms with van der Waals surface area (Å²) in [6.45, 7) is 8.51. The molecule has 1 heterocycles. The molecule has 0 bridgehead atoms. The van der Waals surface area contributed by atoms with Gasteiger partial charge in [0.1, 0.15) is 5.75 Å². The number of ether oxygens (including phenoxy) is 1. The van der Waals surface area contributed by atoms with Crippen LogP contribution in [0.5, 0.6) is 5.75 Å². The van der Waals surface area contributed by atoms with Crippen molar-refractivity contribution in [2.75, 3.05) is 32.8 Å². The van der Waals surface area contributed by atoms with Crippen molar-refractivity contribution in [1.82, 2.24) is 9.80 Å². The van der Waals surface area contributed by atoms with E-state index in [1.807, 2.05) is 67.0 Å². The van der Waals surface area contributed by atoms with E-state index in [9.17, 15) is 9.59 Å². The Bertz CT molecular complexity index is 808. The third-order valence-electron chi connectivity index (χ3n) is 4.75. The van der Waals surface area contributed by atoms with Crippen molar-refractivity contribution in [2.24, 2.45) is 5.92 Å². The van der Waals surface area contributed by atoms with Gasteiger partial charge in [-0.3, -0.25) is 9.59 Å². The van der Waals surface area contributed by atoms with Crippen molar-refractivity contribution >= 4 is 22.6 Å². The van der Waals surface area contributed by atoms with E-state index >= 15 is 0 Å². The van der Waals surface area contributed by atoms with Gasteiger partial charge in [-0.15, -0.1) is 0 Å². The van der Waals surface area contributed by atoms with Crippen molar-refractivity contribution < 1.29 is 14.3 Å². The zero-order chi connectivity index (χ0) is 18.7. The van der Waals surface area contributed by atoms with Crippen molar-refractivity contribution in [2.45, 2.75) is 20.8 Å². The van der Waals surface area contributed by atoms with Gasteiger partial charge in [-0.2, -0.15) is 0 Å². The summed E-state index contributed by atoms with van der Waals surface area (Å²) >= 11 is 0. The maximum absolute atomic E-state index is 13.1. The molecule has 0 unspecified atom stereocenters. The van der Waals surface area contributed by atoms with Crippen LogP contribution in [0.3, 0.4) is 0 Å². The lowest BCUT2D eigenvalue weighted by Gasteiger charge is -2.35. The van der Waals surface area contributed by atoms with Crippen molar-refractivity contribution in [1.29, 1.82) is 0 Å². The highest BCUT2D eigenvalue weighted by molar-refractivity contribution is 6.01. The molecule has 5 heteroatoms. The lowest BCUT2D eigenvalue weighted by atomic mass is 10.0. The number of rotatable bonds is 4. The highest BCUT2D eigenvalue weighted by Gasteiger charge is 2.27. The molecular formula is C21H26N2O3. The van der Waals surface area contributed by atoms with Crippen molar-refractivity contribution in [3.8, 4) is 5.75 Å². The van der Waals surface area contributed by atoms with Gasteiger partial charge in [-0.05, 0) is 29.8 Å². The zero-order valence-corrected chi connectivity index (χ0v) is 15.7. The molecule has 0 radical (unpaired) electrons. The van der Waals surface area contributed by atoms with Crippen molar-refractivity contribution in [3.63, 3.8) is 0 Å². The number of carbonyl (C=O) groups is 2. The summed E-state index contributed by atoms with van der Waals surface area (Å²) in [6, 6.07) is 11.8. The Kier molecular flexibility index (Phi) is 5.45. The minimum absolute atomic E-state index is 0.0118. The average Bonchev–Trinajstić information content (AvgIpc) is 2.66. The summed E-state index contributed by atoms with van der Waals surface area (Å²) in [7, 11) is 0. The molecule has 2 aromatic rings. The number of hydrogen-bond acceptors (Lipinski definition) is 3. The van der Waals surface area contributed by atoms with Crippen LogP contribution in [0.25, 0.3) is 10.8 Å². The number of piperazine rings is 1. The Labute approximate surface area is 154 Å². The van der Waals surface area contributed by atoms with E-state index in [1.165, 1.54) is 0 Å². The van der Waals surface area contributed by atoms with Gasteiger partial charge in [0.25, 0.3) is 5.91 Å². The van der Waals surface area contributed by atoms with Gasteiger partial charge in [0, 0.05) is 32.1 Å². The van der Waals surface area contributed by atoms with E-state index in [0.29, 0.717) is 44.1 Å². The molecule has 0 atom stereocenters. The van der Waals surface area contributed by atoms with Gasteiger partial charge in [-0.25, -0.2) is 0 Å². The topological polar surface area (TPSA) is 49.9 Å². The monoisotopic (exact) mass is 354 g/mol. The largest absolute Gasteiger partial charge is 0.493 e. The molecule has 0 N–H and O–H groups in total. The molecule has 0 aromatic heterocycles. The number of fused-ring (bicyclic) bond motifs is 1. The van der Waals surface area contributed by atoms with Crippen LogP contribution in [0, 0.1) is 5.92 Å². The summed E-state index contributed by atoms with van der Waals surface area (Å²) in [4.78, 5) is 28.9. The Morgan fingerprint density at radius 3 is 2.15 bits per heavy atom. The molecule has 2 amide bonds. The minimum atomic E-state index is -0.0316. The van der Waals surface area contributed by atoms with Gasteiger partial charge in [-0.1, -0.05) is 38.1 Å². The van der Waals surface area contributed by atoms with Gasteiger partial charge >= 0.3 is 0 Å². The van der Waals surface area contributed by atoms with E-state index in [1.54, 1.807) is 0 Å². The molecule has 3 rings (SSSR count). The van der Waals surface area contributed by atoms with Crippen LogP contribution in [-0.4, -0.2) is 54.4 Å². The Balaban J connectivity index is 1.81. The van der Waals surface area contributed by atoms with Crippen LogP contribution < -0.4 is 4.74 Å². The van der Waals surface area contributed by atoms with Gasteiger partial charge in [0.05, 0.1) is 12.2 Å². The third-order valence-corrected chi connectivity index (χ3v) is 4.75. The zero-order valence-electron chi connectivity index (χ0n) is 15.7. The Morgan fingerprint density at radius 2 is 1.58 bits per heavy atom. The summed E-state index contributed by atoms with van der Waals surface area (Å²) in [5, 5.41) is 2.08. The third kappa shape index (κ3) is 3.66. The molecule has 0 saturated carbocycles. The van der Waals surface area contributed by atoms with Crippen LogP contribution in [-0.2, 0) is 4.79 Å². The first-order valence-corrected chi connectivity index (χ1v) is 9.25. The van der Waals surface area contributed by atoms with Crippen LogP contribution >= 0.6 is 0 Å². The van der Waals surface area contributed by atoms with Crippen LogP contribution in [0.15, 0.2) is 36.4 Å². The maximum Gasteiger partial charge on any atom is 0.257 e. The second kappa shape index (κ2) is 7.77. The van der Waals surface area contributed by atoms with Gasteiger partial charge in [0.2, 0.25) is 5.91 Å². The molecule has 2 aromatic carbocycles. The summed E-state index contributed by atoms with van der Waals surface area (Å²) in [6.07, 6.45) is 0. The summed E-state index contributed by atoms with van der Waals surface area (Å²) < 4.78 is 5.74. The smallest absolute Gasteiger partial charge is 0.257 e. The second-order valence-electron chi connectivity index (χ2n) is 6.90. The van der Waals surface area contributed by atoms with Crippen LogP contribution in [0.4, 0.5) is 0 Å². The lowest BCUT2D eigenvalue weighted by Crippen LogP contribution is -2.51. The number of amides is 2. The van der Waals surface area contributed by atoms with E-state index in [4.69, 9.17) is 4.74 Å². The first-order valence-electron chi connectivity index (χ1n) is 9.25. The number of benzene rings is 2. The molecule has 1 fully saturated rings. The fourth-order valence-corrected chi connectivity index (χ4v) is 3.33. The van der Waals surface area contributed by atoms with Crippen molar-refractivity contribution in [3.05, 3.63) is 42.0 Å². The summed E-state index contributed by atoms with van der Waals surface area (Å²) in [5.74, 6) is 0.729. The molecule has 0 spiro atoms. The Hall–Kier alpha value is -2.56. The standard InChI is InChI=1S/C21H26N2O3/c1-4-26-19-14-17-8-6-5-7-16(17)13-18(19)21(25)23-11-9-22(10-12-23)20(24)15(2)3/h5-8,13-15H,4,9-12H2,1-3H3. The van der Waals surface area contributed by atoms with E-state index in [0.717, 1.165) is 10.8 Å². The van der Waals surface area contributed by atoms with E-state index in [2.05, 4.69) is 0 Å². The maximum atomic E-state index is 13.1. The van der Waals surface area contributed by atoms with Gasteiger partial charge in [0.15, 0.2) is 0 Å². The average molecular weight is 354 g/mol. The molecule has 5 nitrogen and oxygen atoms in total. The number of carbonyl (C=O) groups excluding carboxylic acids is 2. The Morgan fingerprint density at radius 1 is 1.00 bits per heavy atom. The molecule has 26 heavy (non-hydrogen) atoms. The molecule has 1 saturated heterocycles. The SMILES string of the molecule is CCOc1cc2ccccc2cc1C(=O)N1CCN(C(=O)C(C)C)CC1. The molecule has 1 aliphatic rings. The molecule has 0 aliphatic carbocycles. The molecular weight excluding hydrogens is 328 g/mol. The van der Waals surface area contributed by atoms with Crippen LogP contribution in [0.2, 0.25) is 0 Å². The molecule has 138 valence electrons. The number of hydrogen-bond donors (Lipinski definition) is 0. The predicted octanol–water partition coefficient (Wildman–Crippen LogP) is 3.18. The second-order valence-corrected chi connectivity index (χ2v) is 6.90. The fraction of sp³-hybridized carbons (Fsp3) is 0.429. The highest BCUT2D eigenvalue weighted by atomic mass is 16.5. The van der Waals surface area contributed by atoms with Gasteiger partial charge < -0.3 is 14.5 Å². The summed E-state index contributed by atoms with van der Waals surface area (Å²) in [5.41, 5.74) is 0.592. The molecule has 1 aliphatic heterocycles. The first-order chi connectivity index (χ1) is 12.5. The predicted molar refractivity (Wildman–Crippen MR) is 102 cm³/mol. The highest BCUT2D eigenvalue weighted by Crippen LogP contribution is 2.28. The normalized spacial score (nSPS) is 14.8. The minimum Gasteiger partial charge on any atom is -0.493 e. The quantitative estimate of drug-likeness (QED) is 0.847.